The van der Waals surface area contributed by atoms with E-state index in [1.807, 2.05) is 43.4 Å². The predicted molar refractivity (Wildman–Crippen MR) is 106 cm³/mol. The van der Waals surface area contributed by atoms with Crippen molar-refractivity contribution in [1.29, 1.82) is 0 Å². The van der Waals surface area contributed by atoms with Gasteiger partial charge in [0.1, 0.15) is 0 Å². The second-order valence-electron chi connectivity index (χ2n) is 5.60. The van der Waals surface area contributed by atoms with Gasteiger partial charge in [0.2, 0.25) is 5.91 Å². The van der Waals surface area contributed by atoms with Crippen LogP contribution in [0.15, 0.2) is 32.3 Å². The summed E-state index contributed by atoms with van der Waals surface area (Å²) in [4.78, 5) is 16.7. The molecule has 0 aliphatic carbocycles. The fourth-order valence-corrected chi connectivity index (χ4v) is 4.82. The lowest BCUT2D eigenvalue weighted by molar-refractivity contribution is -0.113. The van der Waals surface area contributed by atoms with Gasteiger partial charge in [-0.05, 0) is 76.4 Å². The molecule has 0 saturated heterocycles. The van der Waals surface area contributed by atoms with Crippen molar-refractivity contribution in [2.45, 2.75) is 25.9 Å². The first-order valence-electron chi connectivity index (χ1n) is 7.43. The van der Waals surface area contributed by atoms with Crippen LogP contribution in [0.5, 0.6) is 0 Å². The lowest BCUT2D eigenvalue weighted by Crippen LogP contribution is -2.15. The van der Waals surface area contributed by atoms with Gasteiger partial charge in [-0.1, -0.05) is 11.8 Å². The molecule has 1 amide bonds. The zero-order valence-electron chi connectivity index (χ0n) is 13.8. The molecular weight excluding hydrogens is 470 g/mol. The molecule has 0 aliphatic rings. The van der Waals surface area contributed by atoms with Crippen LogP contribution in [0.2, 0.25) is 0 Å². The molecular formula is C16H15Br2N5OS. The molecule has 3 aromatic rings. The molecule has 2 heterocycles. The van der Waals surface area contributed by atoms with Gasteiger partial charge in [-0.3, -0.25) is 9.20 Å². The number of halogens is 2. The minimum absolute atomic E-state index is 0.121. The van der Waals surface area contributed by atoms with Crippen molar-refractivity contribution in [3.63, 3.8) is 0 Å². The van der Waals surface area contributed by atoms with Crippen molar-refractivity contribution in [3.05, 3.63) is 44.1 Å². The molecule has 9 heteroatoms. The Morgan fingerprint density at radius 3 is 2.52 bits per heavy atom. The molecule has 0 saturated carbocycles. The molecule has 3 rings (SSSR count). The third-order valence-electron chi connectivity index (χ3n) is 3.45. The topological polar surface area (TPSA) is 72.2 Å². The van der Waals surface area contributed by atoms with E-state index in [4.69, 9.17) is 0 Å². The fraction of sp³-hybridized carbons (Fsp3) is 0.250. The van der Waals surface area contributed by atoms with Crippen molar-refractivity contribution in [2.24, 2.45) is 0 Å². The number of aryl methyl sites for hydroxylation is 3. The van der Waals surface area contributed by atoms with E-state index in [9.17, 15) is 4.79 Å². The molecule has 0 bridgehead atoms. The molecule has 0 aliphatic heterocycles. The fourth-order valence-electron chi connectivity index (χ4n) is 2.42. The highest BCUT2D eigenvalue weighted by Crippen LogP contribution is 2.32. The van der Waals surface area contributed by atoms with Crippen LogP contribution >= 0.6 is 43.6 Å². The van der Waals surface area contributed by atoms with E-state index in [1.54, 1.807) is 0 Å². The summed E-state index contributed by atoms with van der Waals surface area (Å²) in [5.41, 5.74) is 3.69. The molecule has 1 N–H and O–H groups in total. The summed E-state index contributed by atoms with van der Waals surface area (Å²) in [5, 5.41) is 11.8. The lowest BCUT2D eigenvalue weighted by atomic mass is 10.2. The van der Waals surface area contributed by atoms with Gasteiger partial charge < -0.3 is 5.32 Å². The first-order chi connectivity index (χ1) is 11.8. The standard InChI is InChI=1S/C16H15Br2N5OS/c1-8-4-11(17)14(12(18)5-8)20-13(24)7-25-16-22-21-15-19-9(2)6-10(3)23(15)16/h4-6H,7H2,1-3H3,(H,20,24). The number of thioether (sulfide) groups is 1. The molecule has 0 atom stereocenters. The van der Waals surface area contributed by atoms with Crippen LogP contribution in [0.4, 0.5) is 5.69 Å². The van der Waals surface area contributed by atoms with Crippen LogP contribution in [0, 0.1) is 20.8 Å². The van der Waals surface area contributed by atoms with Crippen molar-refractivity contribution < 1.29 is 4.79 Å². The van der Waals surface area contributed by atoms with Gasteiger partial charge in [-0.25, -0.2) is 4.98 Å². The van der Waals surface area contributed by atoms with Crippen LogP contribution in [-0.4, -0.2) is 31.2 Å². The summed E-state index contributed by atoms with van der Waals surface area (Å²) in [6, 6.07) is 5.87. The van der Waals surface area contributed by atoms with E-state index in [1.165, 1.54) is 11.8 Å². The maximum atomic E-state index is 12.3. The monoisotopic (exact) mass is 483 g/mol. The molecule has 130 valence electrons. The second-order valence-corrected chi connectivity index (χ2v) is 8.25. The van der Waals surface area contributed by atoms with Crippen LogP contribution in [-0.2, 0) is 4.79 Å². The van der Waals surface area contributed by atoms with Crippen molar-refractivity contribution in [2.75, 3.05) is 11.1 Å². The van der Waals surface area contributed by atoms with Crippen LogP contribution < -0.4 is 5.32 Å². The summed E-state index contributed by atoms with van der Waals surface area (Å²) < 4.78 is 3.52. The summed E-state index contributed by atoms with van der Waals surface area (Å²) in [7, 11) is 0. The number of benzene rings is 1. The Balaban J connectivity index is 1.73. The van der Waals surface area contributed by atoms with E-state index >= 15 is 0 Å². The van der Waals surface area contributed by atoms with Gasteiger partial charge in [-0.15, -0.1) is 10.2 Å². The number of hydrogen-bond acceptors (Lipinski definition) is 5. The third kappa shape index (κ3) is 4.04. The Kier molecular flexibility index (Phi) is 5.45. The number of aromatic nitrogens is 4. The molecule has 0 spiro atoms. The van der Waals surface area contributed by atoms with Crippen LogP contribution in [0.1, 0.15) is 17.0 Å². The SMILES string of the molecule is Cc1cc(Br)c(NC(=O)CSc2nnc3nc(C)cc(C)n23)c(Br)c1. The van der Waals surface area contributed by atoms with Crippen molar-refractivity contribution >= 4 is 61.0 Å². The Bertz CT molecular complexity index is 950. The minimum Gasteiger partial charge on any atom is -0.323 e. The Morgan fingerprint density at radius 2 is 1.84 bits per heavy atom. The summed E-state index contributed by atoms with van der Waals surface area (Å²) >= 11 is 8.28. The summed E-state index contributed by atoms with van der Waals surface area (Å²) in [6.07, 6.45) is 0. The van der Waals surface area contributed by atoms with Gasteiger partial charge in [0, 0.05) is 20.3 Å². The second kappa shape index (κ2) is 7.43. The number of nitrogens with one attached hydrogen (secondary N) is 1. The number of rotatable bonds is 4. The number of carbonyl (C=O) groups excluding carboxylic acids is 1. The largest absolute Gasteiger partial charge is 0.323 e. The number of hydrogen-bond donors (Lipinski definition) is 1. The number of nitrogens with zero attached hydrogens (tertiary/aromatic N) is 4. The molecule has 6 nitrogen and oxygen atoms in total. The average molecular weight is 485 g/mol. The number of amides is 1. The van der Waals surface area contributed by atoms with Crippen molar-refractivity contribution in [3.8, 4) is 0 Å². The maximum Gasteiger partial charge on any atom is 0.256 e. The van der Waals surface area contributed by atoms with Gasteiger partial charge >= 0.3 is 0 Å². The van der Waals surface area contributed by atoms with E-state index < -0.39 is 0 Å². The Hall–Kier alpha value is -1.45. The normalized spacial score (nSPS) is 11.1. The van der Waals surface area contributed by atoms with Crippen molar-refractivity contribution in [1.82, 2.24) is 19.6 Å². The third-order valence-corrected chi connectivity index (χ3v) is 5.63. The van der Waals surface area contributed by atoms with Crippen LogP contribution in [0.3, 0.4) is 0 Å². The molecule has 1 aromatic carbocycles. The van der Waals surface area contributed by atoms with Gasteiger partial charge in [0.15, 0.2) is 5.16 Å². The molecule has 25 heavy (non-hydrogen) atoms. The average Bonchev–Trinajstić information content (AvgIpc) is 2.92. The van der Waals surface area contributed by atoms with Gasteiger partial charge in [0.25, 0.3) is 5.78 Å². The summed E-state index contributed by atoms with van der Waals surface area (Å²) in [5.74, 6) is 0.648. The lowest BCUT2D eigenvalue weighted by Gasteiger charge is -2.10. The Labute approximate surface area is 166 Å². The highest BCUT2D eigenvalue weighted by atomic mass is 79.9. The zero-order chi connectivity index (χ0) is 18.1. The smallest absolute Gasteiger partial charge is 0.256 e. The highest BCUT2D eigenvalue weighted by Gasteiger charge is 2.14. The number of anilines is 1. The highest BCUT2D eigenvalue weighted by molar-refractivity contribution is 9.11. The van der Waals surface area contributed by atoms with Crippen LogP contribution in [0.25, 0.3) is 5.78 Å². The zero-order valence-corrected chi connectivity index (χ0v) is 17.8. The summed E-state index contributed by atoms with van der Waals surface area (Å²) in [6.45, 7) is 5.88. The molecule has 2 aromatic heterocycles. The van der Waals surface area contributed by atoms with E-state index in [-0.39, 0.29) is 11.7 Å². The predicted octanol–water partition coefficient (Wildman–Crippen LogP) is 4.31. The molecule has 0 unspecified atom stereocenters. The maximum absolute atomic E-state index is 12.3. The van der Waals surface area contributed by atoms with Gasteiger partial charge in [-0.2, -0.15) is 0 Å². The first kappa shape index (κ1) is 18.3. The first-order valence-corrected chi connectivity index (χ1v) is 10.00. The van der Waals surface area contributed by atoms with Gasteiger partial charge in [0.05, 0.1) is 11.4 Å². The molecule has 0 fully saturated rings. The quantitative estimate of drug-likeness (QED) is 0.558. The Morgan fingerprint density at radius 1 is 1.16 bits per heavy atom. The number of carbonyl (C=O) groups is 1. The minimum atomic E-state index is -0.121. The number of fused-ring (bicyclic) bond motifs is 1. The molecule has 0 radical (unpaired) electrons. The van der Waals surface area contributed by atoms with E-state index in [0.29, 0.717) is 10.9 Å². The van der Waals surface area contributed by atoms with E-state index in [0.717, 1.165) is 31.6 Å². The van der Waals surface area contributed by atoms with E-state index in [2.05, 4.69) is 52.4 Å².